The fourth-order valence-corrected chi connectivity index (χ4v) is 3.33. The third-order valence-electron chi connectivity index (χ3n) is 3.75. The second-order valence-corrected chi connectivity index (χ2v) is 7.06. The van der Waals surface area contributed by atoms with E-state index in [0.29, 0.717) is 21.6 Å². The monoisotopic (exact) mass is 394 g/mol. The molecule has 2 N–H and O–H groups in total. The minimum atomic E-state index is 0.606. The lowest BCUT2D eigenvalue weighted by molar-refractivity contribution is 0.977. The highest BCUT2D eigenvalue weighted by atomic mass is 35.5. The molecule has 0 unspecified atom stereocenters. The zero-order valence-corrected chi connectivity index (χ0v) is 15.7. The van der Waals surface area contributed by atoms with Gasteiger partial charge in [0.1, 0.15) is 0 Å². The van der Waals surface area contributed by atoms with Crippen molar-refractivity contribution in [1.82, 2.24) is 20.2 Å². The number of rotatable bonds is 6. The number of anilines is 1. The van der Waals surface area contributed by atoms with Gasteiger partial charge in [-0.3, -0.25) is 10.5 Å². The number of aromatic nitrogens is 4. The first-order chi connectivity index (χ1) is 13.3. The van der Waals surface area contributed by atoms with Gasteiger partial charge in [0.25, 0.3) is 0 Å². The van der Waals surface area contributed by atoms with Crippen molar-refractivity contribution in [3.63, 3.8) is 0 Å². The molecule has 0 atom stereocenters. The minimum absolute atomic E-state index is 0.606. The average Bonchev–Trinajstić information content (AvgIpc) is 3.17. The van der Waals surface area contributed by atoms with Crippen LogP contribution < -0.4 is 5.43 Å². The standard InChI is InChI=1S/C19H15ClN6S/c20-15-8-6-13(7-9-15)10-21-25-17-16-11-22-26-18(16)24-19(23-17)27-12-14-4-2-1-3-5-14/h1-11H,12H2,(H2,22,23,24,25,26)/b21-10+. The molecule has 0 radical (unpaired) electrons. The van der Waals surface area contributed by atoms with Crippen molar-refractivity contribution in [2.45, 2.75) is 10.9 Å². The van der Waals surface area contributed by atoms with Crippen LogP contribution in [0.4, 0.5) is 5.82 Å². The van der Waals surface area contributed by atoms with Gasteiger partial charge in [-0.25, -0.2) is 9.97 Å². The Kier molecular flexibility index (Phi) is 5.32. The van der Waals surface area contributed by atoms with E-state index >= 15 is 0 Å². The lowest BCUT2D eigenvalue weighted by atomic mass is 10.2. The molecule has 2 aromatic carbocycles. The third-order valence-corrected chi connectivity index (χ3v) is 4.92. The van der Waals surface area contributed by atoms with Gasteiger partial charge in [0.15, 0.2) is 16.6 Å². The maximum Gasteiger partial charge on any atom is 0.191 e. The van der Waals surface area contributed by atoms with Crippen LogP contribution in [-0.4, -0.2) is 26.4 Å². The van der Waals surface area contributed by atoms with Crippen LogP contribution in [-0.2, 0) is 5.75 Å². The summed E-state index contributed by atoms with van der Waals surface area (Å²) in [6.45, 7) is 0. The lowest BCUT2D eigenvalue weighted by Crippen LogP contribution is -1.98. The van der Waals surface area contributed by atoms with Gasteiger partial charge in [-0.1, -0.05) is 65.8 Å². The van der Waals surface area contributed by atoms with E-state index in [2.05, 4.69) is 42.8 Å². The Morgan fingerprint density at radius 3 is 2.70 bits per heavy atom. The van der Waals surface area contributed by atoms with Crippen LogP contribution in [0.1, 0.15) is 11.1 Å². The average molecular weight is 395 g/mol. The second kappa shape index (κ2) is 8.20. The zero-order chi connectivity index (χ0) is 18.5. The molecule has 0 amide bonds. The van der Waals surface area contributed by atoms with Crippen LogP contribution in [0, 0.1) is 0 Å². The first-order valence-corrected chi connectivity index (χ1v) is 9.57. The van der Waals surface area contributed by atoms with Crippen LogP contribution in [0.3, 0.4) is 0 Å². The predicted molar refractivity (Wildman–Crippen MR) is 110 cm³/mol. The van der Waals surface area contributed by atoms with Crippen LogP contribution in [0.2, 0.25) is 5.02 Å². The van der Waals surface area contributed by atoms with E-state index < -0.39 is 0 Å². The molecule has 0 bridgehead atoms. The molecule has 6 nitrogen and oxygen atoms in total. The van der Waals surface area contributed by atoms with E-state index in [0.717, 1.165) is 16.7 Å². The molecule has 8 heteroatoms. The quantitative estimate of drug-likeness (QED) is 0.213. The molecule has 0 aliphatic heterocycles. The van der Waals surface area contributed by atoms with Crippen molar-refractivity contribution in [3.8, 4) is 0 Å². The maximum absolute atomic E-state index is 5.90. The summed E-state index contributed by atoms with van der Waals surface area (Å²) in [4.78, 5) is 9.09. The number of hydrogen-bond donors (Lipinski definition) is 2. The molecular weight excluding hydrogens is 380 g/mol. The SMILES string of the molecule is Clc1ccc(/C=N/Nc2nc(SCc3ccccc3)nc3[nH]ncc23)cc1. The first kappa shape index (κ1) is 17.5. The van der Waals surface area contributed by atoms with Gasteiger partial charge < -0.3 is 0 Å². The number of benzene rings is 2. The highest BCUT2D eigenvalue weighted by Crippen LogP contribution is 2.25. The van der Waals surface area contributed by atoms with E-state index in [4.69, 9.17) is 11.6 Å². The Bertz CT molecular complexity index is 1060. The Morgan fingerprint density at radius 2 is 1.89 bits per heavy atom. The molecule has 0 aliphatic rings. The number of H-pyrrole nitrogens is 1. The van der Waals surface area contributed by atoms with Gasteiger partial charge in [0.05, 0.1) is 17.8 Å². The maximum atomic E-state index is 5.90. The van der Waals surface area contributed by atoms with Crippen molar-refractivity contribution in [2.75, 3.05) is 5.43 Å². The van der Waals surface area contributed by atoms with Gasteiger partial charge in [-0.2, -0.15) is 10.2 Å². The lowest BCUT2D eigenvalue weighted by Gasteiger charge is -2.05. The molecule has 0 fully saturated rings. The smallest absolute Gasteiger partial charge is 0.191 e. The molecule has 134 valence electrons. The molecule has 4 aromatic rings. The summed E-state index contributed by atoms with van der Waals surface area (Å²) >= 11 is 7.46. The molecule has 0 aliphatic carbocycles. The van der Waals surface area contributed by atoms with E-state index in [1.807, 2.05) is 42.5 Å². The molecule has 4 rings (SSSR count). The van der Waals surface area contributed by atoms with Gasteiger partial charge >= 0.3 is 0 Å². The molecular formula is C19H15ClN6S. The van der Waals surface area contributed by atoms with E-state index in [1.54, 1.807) is 24.2 Å². The summed E-state index contributed by atoms with van der Waals surface area (Å²) in [6, 6.07) is 17.6. The largest absolute Gasteiger partial charge is 0.261 e. The Hall–Kier alpha value is -2.90. The van der Waals surface area contributed by atoms with Crippen LogP contribution in [0.25, 0.3) is 11.0 Å². The first-order valence-electron chi connectivity index (χ1n) is 8.20. The van der Waals surface area contributed by atoms with Crippen molar-refractivity contribution < 1.29 is 0 Å². The predicted octanol–water partition coefficient (Wildman–Crippen LogP) is 4.74. The van der Waals surface area contributed by atoms with E-state index in [1.165, 1.54) is 5.56 Å². The van der Waals surface area contributed by atoms with E-state index in [-0.39, 0.29) is 0 Å². The summed E-state index contributed by atoms with van der Waals surface area (Å²) < 4.78 is 0. The molecule has 0 spiro atoms. The third kappa shape index (κ3) is 4.45. The Morgan fingerprint density at radius 1 is 1.07 bits per heavy atom. The summed E-state index contributed by atoms with van der Waals surface area (Å²) in [5.74, 6) is 1.39. The fourth-order valence-electron chi connectivity index (χ4n) is 2.40. The number of hydrazone groups is 1. The van der Waals surface area contributed by atoms with E-state index in [9.17, 15) is 0 Å². The highest BCUT2D eigenvalue weighted by Gasteiger charge is 2.09. The number of nitrogens with one attached hydrogen (secondary N) is 2. The van der Waals surface area contributed by atoms with Gasteiger partial charge in [0, 0.05) is 10.8 Å². The molecule has 27 heavy (non-hydrogen) atoms. The molecule has 0 saturated carbocycles. The van der Waals surface area contributed by atoms with Gasteiger partial charge in [0.2, 0.25) is 0 Å². The molecule has 2 heterocycles. The Labute approximate surface area is 165 Å². The highest BCUT2D eigenvalue weighted by molar-refractivity contribution is 7.98. The summed E-state index contributed by atoms with van der Waals surface area (Å²) in [6.07, 6.45) is 3.39. The molecule has 0 saturated heterocycles. The van der Waals surface area contributed by atoms with Crippen molar-refractivity contribution in [3.05, 3.63) is 76.9 Å². The number of thioether (sulfide) groups is 1. The fraction of sp³-hybridized carbons (Fsp3) is 0.0526. The molecule has 2 aromatic heterocycles. The normalized spacial score (nSPS) is 11.3. The second-order valence-electron chi connectivity index (χ2n) is 5.68. The number of nitrogens with zero attached hydrogens (tertiary/aromatic N) is 4. The van der Waals surface area contributed by atoms with Crippen LogP contribution >= 0.6 is 23.4 Å². The zero-order valence-electron chi connectivity index (χ0n) is 14.1. The van der Waals surface area contributed by atoms with Crippen molar-refractivity contribution in [1.29, 1.82) is 0 Å². The summed E-state index contributed by atoms with van der Waals surface area (Å²) in [7, 11) is 0. The van der Waals surface area contributed by atoms with Crippen LogP contribution in [0.5, 0.6) is 0 Å². The van der Waals surface area contributed by atoms with Crippen molar-refractivity contribution in [2.24, 2.45) is 5.10 Å². The minimum Gasteiger partial charge on any atom is -0.261 e. The number of halogens is 1. The Balaban J connectivity index is 1.52. The number of aromatic amines is 1. The summed E-state index contributed by atoms with van der Waals surface area (Å²) in [5, 5.41) is 13.3. The van der Waals surface area contributed by atoms with Crippen molar-refractivity contribution >= 4 is 46.4 Å². The number of hydrogen-bond acceptors (Lipinski definition) is 6. The van der Waals surface area contributed by atoms with Crippen LogP contribution in [0.15, 0.2) is 71.1 Å². The van der Waals surface area contributed by atoms with Gasteiger partial charge in [-0.05, 0) is 23.3 Å². The summed E-state index contributed by atoms with van der Waals surface area (Å²) in [5.41, 5.74) is 5.81. The number of fused-ring (bicyclic) bond motifs is 1. The van der Waals surface area contributed by atoms with Gasteiger partial charge in [-0.15, -0.1) is 0 Å². The topological polar surface area (TPSA) is 78.9 Å².